The summed E-state index contributed by atoms with van der Waals surface area (Å²) in [5.74, 6) is 0.246. The van der Waals surface area contributed by atoms with Crippen LogP contribution in [0.25, 0.3) is 0 Å². The third kappa shape index (κ3) is 5.36. The van der Waals surface area contributed by atoms with E-state index < -0.39 is 7.92 Å². The Morgan fingerprint density at radius 1 is 0.594 bits per heavy atom. The summed E-state index contributed by atoms with van der Waals surface area (Å²) >= 11 is 0. The van der Waals surface area contributed by atoms with E-state index in [0.29, 0.717) is 0 Å². The molecule has 0 saturated heterocycles. The van der Waals surface area contributed by atoms with E-state index in [-0.39, 0.29) is 11.3 Å². The molecule has 0 radical (unpaired) electrons. The van der Waals surface area contributed by atoms with Gasteiger partial charge in [-0.05, 0) is 50.4 Å². The molecule has 1 nitrogen and oxygen atoms in total. The molecule has 0 heterocycles. The van der Waals surface area contributed by atoms with Gasteiger partial charge in [-0.25, -0.2) is 0 Å². The van der Waals surface area contributed by atoms with Crippen molar-refractivity contribution < 1.29 is 0 Å². The molecule has 32 heavy (non-hydrogen) atoms. The van der Waals surface area contributed by atoms with Gasteiger partial charge in [0.05, 0.1) is 5.78 Å². The van der Waals surface area contributed by atoms with E-state index in [9.17, 15) is 0 Å². The molecule has 0 amide bonds. The molecule has 0 aliphatic rings. The molecule has 4 aromatic carbocycles. The van der Waals surface area contributed by atoms with Gasteiger partial charge in [0.2, 0.25) is 0 Å². The summed E-state index contributed by atoms with van der Waals surface area (Å²) in [6.07, 6.45) is 0. The van der Waals surface area contributed by atoms with Gasteiger partial charge >= 0.3 is 0 Å². The third-order valence-corrected chi connectivity index (χ3v) is 8.54. The molecule has 2 heteroatoms. The van der Waals surface area contributed by atoms with Gasteiger partial charge in [-0.15, -0.1) is 0 Å². The minimum atomic E-state index is -0.665. The summed E-state index contributed by atoms with van der Waals surface area (Å²) < 4.78 is 0. The van der Waals surface area contributed by atoms with Crippen molar-refractivity contribution in [1.29, 1.82) is 0 Å². The van der Waals surface area contributed by atoms with Crippen molar-refractivity contribution >= 4 is 18.5 Å². The molecular formula is C30H32NP. The van der Waals surface area contributed by atoms with E-state index in [2.05, 4.69) is 147 Å². The molecule has 0 saturated carbocycles. The second kappa shape index (κ2) is 10.3. The summed E-state index contributed by atoms with van der Waals surface area (Å²) in [6.45, 7) is 7.93. The van der Waals surface area contributed by atoms with Crippen LogP contribution in [0.5, 0.6) is 0 Å². The van der Waals surface area contributed by atoms with E-state index in [4.69, 9.17) is 0 Å². The normalized spacial score (nSPS) is 12.8. The first kappa shape index (κ1) is 22.5. The van der Waals surface area contributed by atoms with E-state index in [1.54, 1.807) is 0 Å². The first-order valence-corrected chi connectivity index (χ1v) is 12.7. The highest BCUT2D eigenvalue weighted by Crippen LogP contribution is 2.53. The summed E-state index contributed by atoms with van der Waals surface area (Å²) in [5, 5.41) is 2.81. The predicted octanol–water partition coefficient (Wildman–Crippen LogP) is 7.12. The smallest absolute Gasteiger partial charge is 0.0638 e. The molecule has 0 aliphatic heterocycles. The number of hydrogen-bond acceptors (Lipinski definition) is 1. The van der Waals surface area contributed by atoms with Crippen molar-refractivity contribution in [3.05, 3.63) is 132 Å². The monoisotopic (exact) mass is 437 g/mol. The quantitative estimate of drug-likeness (QED) is 0.278. The number of benzene rings is 4. The zero-order valence-electron chi connectivity index (χ0n) is 19.2. The van der Waals surface area contributed by atoms with Crippen LogP contribution in [-0.2, 0) is 6.54 Å². The van der Waals surface area contributed by atoms with Crippen LogP contribution >= 0.6 is 7.92 Å². The fourth-order valence-corrected chi connectivity index (χ4v) is 7.20. The van der Waals surface area contributed by atoms with Crippen LogP contribution < -0.4 is 10.6 Å². The maximum absolute atomic E-state index is 2.70. The van der Waals surface area contributed by atoms with Gasteiger partial charge < -0.3 is 0 Å². The first-order valence-electron chi connectivity index (χ1n) is 11.3. The standard InChI is InChI=1S/C30H32NP/c1-30(2,3)31(24-25-16-8-4-9-17-25)29(26-18-10-5-11-19-26)32(27-20-12-6-13-21-27)28-22-14-7-15-23-28/h4-23,29H,24H2,1-3H3. The summed E-state index contributed by atoms with van der Waals surface area (Å²) in [5.41, 5.74) is 2.71. The Kier molecular flexibility index (Phi) is 7.20. The molecule has 4 aromatic rings. The zero-order chi connectivity index (χ0) is 22.4. The minimum absolute atomic E-state index is 0.0134. The van der Waals surface area contributed by atoms with Gasteiger partial charge in [0.25, 0.3) is 0 Å². The Morgan fingerprint density at radius 2 is 1.00 bits per heavy atom. The molecule has 0 N–H and O–H groups in total. The maximum atomic E-state index is 2.70. The molecule has 0 aliphatic carbocycles. The number of hydrogen-bond donors (Lipinski definition) is 0. The van der Waals surface area contributed by atoms with Crippen molar-refractivity contribution in [3.8, 4) is 0 Å². The summed E-state index contributed by atoms with van der Waals surface area (Å²) in [7, 11) is -0.665. The fraction of sp³-hybridized carbons (Fsp3) is 0.200. The highest BCUT2D eigenvalue weighted by molar-refractivity contribution is 7.73. The SMILES string of the molecule is CC(C)(C)N(Cc1ccccc1)C(c1ccccc1)P(c1ccccc1)c1ccccc1. The van der Waals surface area contributed by atoms with Crippen molar-refractivity contribution in [3.63, 3.8) is 0 Å². The largest absolute Gasteiger partial charge is 0.283 e. The Morgan fingerprint density at radius 3 is 1.44 bits per heavy atom. The second-order valence-electron chi connectivity index (χ2n) is 9.11. The maximum Gasteiger partial charge on any atom is 0.0638 e. The lowest BCUT2D eigenvalue weighted by Crippen LogP contribution is -2.44. The van der Waals surface area contributed by atoms with Crippen LogP contribution in [0.15, 0.2) is 121 Å². The van der Waals surface area contributed by atoms with Crippen LogP contribution in [-0.4, -0.2) is 10.4 Å². The molecule has 0 bridgehead atoms. The van der Waals surface area contributed by atoms with Gasteiger partial charge in [0.15, 0.2) is 0 Å². The lowest BCUT2D eigenvalue weighted by atomic mass is 10.0. The van der Waals surface area contributed by atoms with E-state index in [0.717, 1.165) is 6.54 Å². The summed E-state index contributed by atoms with van der Waals surface area (Å²) in [4.78, 5) is 2.70. The molecule has 162 valence electrons. The molecule has 1 unspecified atom stereocenters. The lowest BCUT2D eigenvalue weighted by Gasteiger charge is -2.46. The number of rotatable bonds is 7. The Labute approximate surface area is 194 Å². The average molecular weight is 438 g/mol. The van der Waals surface area contributed by atoms with Gasteiger partial charge in [-0.3, -0.25) is 4.90 Å². The predicted molar refractivity (Wildman–Crippen MR) is 140 cm³/mol. The Hall–Kier alpha value is -2.73. The first-order chi connectivity index (χ1) is 15.5. The molecule has 1 atom stereocenters. The highest BCUT2D eigenvalue weighted by Gasteiger charge is 2.36. The minimum Gasteiger partial charge on any atom is -0.283 e. The molecule has 0 fully saturated rings. The van der Waals surface area contributed by atoms with Crippen LogP contribution in [0.1, 0.15) is 37.7 Å². The topological polar surface area (TPSA) is 3.24 Å². The van der Waals surface area contributed by atoms with Crippen LogP contribution in [0.4, 0.5) is 0 Å². The molecule has 4 rings (SSSR count). The van der Waals surface area contributed by atoms with Gasteiger partial charge in [0, 0.05) is 12.1 Å². The van der Waals surface area contributed by atoms with E-state index in [1.807, 2.05) is 0 Å². The Balaban J connectivity index is 1.91. The number of nitrogens with zero attached hydrogens (tertiary/aromatic N) is 1. The average Bonchev–Trinajstić information content (AvgIpc) is 2.83. The Bertz CT molecular complexity index is 1030. The van der Waals surface area contributed by atoms with Crippen molar-refractivity contribution in [2.24, 2.45) is 0 Å². The molecule has 0 spiro atoms. The van der Waals surface area contributed by atoms with Gasteiger partial charge in [0.1, 0.15) is 0 Å². The van der Waals surface area contributed by atoms with Crippen LogP contribution in [0.3, 0.4) is 0 Å². The molecule has 0 aromatic heterocycles. The molecular weight excluding hydrogens is 405 g/mol. The lowest BCUT2D eigenvalue weighted by molar-refractivity contribution is 0.112. The van der Waals surface area contributed by atoms with Gasteiger partial charge in [-0.1, -0.05) is 121 Å². The second-order valence-corrected chi connectivity index (χ2v) is 11.4. The van der Waals surface area contributed by atoms with Crippen molar-refractivity contribution in [2.45, 2.75) is 38.6 Å². The van der Waals surface area contributed by atoms with E-state index >= 15 is 0 Å². The van der Waals surface area contributed by atoms with Gasteiger partial charge in [-0.2, -0.15) is 0 Å². The van der Waals surface area contributed by atoms with Crippen LogP contribution in [0, 0.1) is 0 Å². The van der Waals surface area contributed by atoms with Crippen LogP contribution in [0.2, 0.25) is 0 Å². The third-order valence-electron chi connectivity index (χ3n) is 5.76. The zero-order valence-corrected chi connectivity index (χ0v) is 20.1. The fourth-order valence-electron chi connectivity index (χ4n) is 4.17. The van der Waals surface area contributed by atoms with Crippen molar-refractivity contribution in [1.82, 2.24) is 4.90 Å². The summed E-state index contributed by atoms with van der Waals surface area (Å²) in [6, 6.07) is 44.1. The highest BCUT2D eigenvalue weighted by atomic mass is 31.1. The van der Waals surface area contributed by atoms with E-state index in [1.165, 1.54) is 21.7 Å². The van der Waals surface area contributed by atoms with Crippen molar-refractivity contribution in [2.75, 3.05) is 0 Å².